The molecule has 1 aliphatic rings. The van der Waals surface area contributed by atoms with Gasteiger partial charge in [0, 0.05) is 24.8 Å². The van der Waals surface area contributed by atoms with E-state index in [1.165, 1.54) is 11.3 Å². The van der Waals surface area contributed by atoms with E-state index in [9.17, 15) is 4.79 Å². The number of carboxylic acid groups (broad SMARTS) is 1. The van der Waals surface area contributed by atoms with Crippen molar-refractivity contribution in [1.29, 1.82) is 0 Å². The number of carbonyl (C=O) groups is 1. The Balaban J connectivity index is 1.70. The van der Waals surface area contributed by atoms with Gasteiger partial charge in [-0.2, -0.15) is 5.10 Å². The molecule has 2 rings (SSSR count). The van der Waals surface area contributed by atoms with E-state index in [1.807, 2.05) is 17.9 Å². The maximum Gasteiger partial charge on any atom is 0.306 e. The van der Waals surface area contributed by atoms with E-state index in [2.05, 4.69) is 17.3 Å². The van der Waals surface area contributed by atoms with Crippen LogP contribution in [0.3, 0.4) is 0 Å². The molecule has 1 aromatic rings. The van der Waals surface area contributed by atoms with Crippen LogP contribution < -0.4 is 5.32 Å². The van der Waals surface area contributed by atoms with Crippen molar-refractivity contribution in [1.82, 2.24) is 15.1 Å². The molecule has 5 nitrogen and oxygen atoms in total. The Kier molecular flexibility index (Phi) is 4.58. The van der Waals surface area contributed by atoms with E-state index in [-0.39, 0.29) is 5.92 Å². The summed E-state index contributed by atoms with van der Waals surface area (Å²) in [7, 11) is 1.95. The Morgan fingerprint density at radius 3 is 2.68 bits per heavy atom. The van der Waals surface area contributed by atoms with Gasteiger partial charge in [0.15, 0.2) is 0 Å². The zero-order valence-corrected chi connectivity index (χ0v) is 11.7. The highest BCUT2D eigenvalue weighted by Gasteiger charge is 2.25. The van der Waals surface area contributed by atoms with Gasteiger partial charge in [-0.15, -0.1) is 0 Å². The predicted molar refractivity (Wildman–Crippen MR) is 72.7 cm³/mol. The van der Waals surface area contributed by atoms with Crippen molar-refractivity contribution in [3.8, 4) is 0 Å². The first-order valence-electron chi connectivity index (χ1n) is 6.99. The average molecular weight is 265 g/mol. The lowest BCUT2D eigenvalue weighted by Crippen LogP contribution is -2.28. The maximum absolute atomic E-state index is 10.9. The molecule has 19 heavy (non-hydrogen) atoms. The Morgan fingerprint density at radius 2 is 2.16 bits per heavy atom. The van der Waals surface area contributed by atoms with Crippen LogP contribution in [0.5, 0.6) is 0 Å². The number of aryl methyl sites for hydroxylation is 1. The third-order valence-electron chi connectivity index (χ3n) is 4.28. The molecule has 5 heteroatoms. The SMILES string of the molecule is Cc1c(CNCC2CCC(C(=O)O)CC2)cnn1C. The van der Waals surface area contributed by atoms with Crippen LogP contribution in [0.4, 0.5) is 0 Å². The molecule has 0 aliphatic heterocycles. The molecule has 0 unspecified atom stereocenters. The molecule has 0 bridgehead atoms. The molecule has 0 saturated heterocycles. The second kappa shape index (κ2) is 6.19. The van der Waals surface area contributed by atoms with E-state index in [0.717, 1.165) is 38.8 Å². The molecule has 1 heterocycles. The molecule has 0 amide bonds. The average Bonchev–Trinajstić information content (AvgIpc) is 2.71. The van der Waals surface area contributed by atoms with Crippen molar-refractivity contribution >= 4 is 5.97 Å². The largest absolute Gasteiger partial charge is 0.481 e. The topological polar surface area (TPSA) is 67.2 Å². The molecule has 0 aromatic carbocycles. The Bertz CT molecular complexity index is 434. The van der Waals surface area contributed by atoms with Gasteiger partial charge in [0.05, 0.1) is 12.1 Å². The van der Waals surface area contributed by atoms with Crippen LogP contribution in [0, 0.1) is 18.8 Å². The first-order valence-corrected chi connectivity index (χ1v) is 6.99. The highest BCUT2D eigenvalue weighted by Crippen LogP contribution is 2.28. The molecule has 0 radical (unpaired) electrons. The summed E-state index contributed by atoms with van der Waals surface area (Å²) in [5.41, 5.74) is 2.43. The summed E-state index contributed by atoms with van der Waals surface area (Å²) >= 11 is 0. The standard InChI is InChI=1S/C14H23N3O2/c1-10-13(9-16-17(10)2)8-15-7-11-3-5-12(6-4-11)14(18)19/h9,11-12,15H,3-8H2,1-2H3,(H,18,19). The summed E-state index contributed by atoms with van der Waals surface area (Å²) in [5.74, 6) is -0.123. The zero-order valence-electron chi connectivity index (χ0n) is 11.7. The predicted octanol–water partition coefficient (Wildman–Crippen LogP) is 1.71. The van der Waals surface area contributed by atoms with Crippen LogP contribution in [0.15, 0.2) is 6.20 Å². The van der Waals surface area contributed by atoms with E-state index >= 15 is 0 Å². The van der Waals surface area contributed by atoms with E-state index < -0.39 is 5.97 Å². The van der Waals surface area contributed by atoms with E-state index in [4.69, 9.17) is 5.11 Å². The van der Waals surface area contributed by atoms with Crippen molar-refractivity contribution in [3.63, 3.8) is 0 Å². The summed E-state index contributed by atoms with van der Waals surface area (Å²) in [5, 5.41) is 16.6. The van der Waals surface area contributed by atoms with Gasteiger partial charge in [-0.1, -0.05) is 0 Å². The molecular weight excluding hydrogens is 242 g/mol. The molecule has 106 valence electrons. The van der Waals surface area contributed by atoms with Crippen molar-refractivity contribution in [2.24, 2.45) is 18.9 Å². The normalized spacial score (nSPS) is 23.5. The Labute approximate surface area is 114 Å². The minimum atomic E-state index is -0.627. The monoisotopic (exact) mass is 265 g/mol. The third-order valence-corrected chi connectivity index (χ3v) is 4.28. The van der Waals surface area contributed by atoms with Crippen molar-refractivity contribution in [2.45, 2.75) is 39.2 Å². The number of rotatable bonds is 5. The number of nitrogens with zero attached hydrogens (tertiary/aromatic N) is 2. The first-order chi connectivity index (χ1) is 9.08. The van der Waals surface area contributed by atoms with Crippen molar-refractivity contribution < 1.29 is 9.90 Å². The van der Waals surface area contributed by atoms with Crippen LogP contribution in [0.2, 0.25) is 0 Å². The van der Waals surface area contributed by atoms with E-state index in [1.54, 1.807) is 0 Å². The van der Waals surface area contributed by atoms with Crippen LogP contribution in [-0.2, 0) is 18.4 Å². The minimum absolute atomic E-state index is 0.114. The lowest BCUT2D eigenvalue weighted by atomic mass is 9.82. The van der Waals surface area contributed by atoms with Gasteiger partial charge in [0.1, 0.15) is 0 Å². The number of aromatic nitrogens is 2. The molecule has 0 atom stereocenters. The summed E-state index contributed by atoms with van der Waals surface area (Å²) < 4.78 is 1.88. The van der Waals surface area contributed by atoms with Crippen LogP contribution >= 0.6 is 0 Å². The number of aliphatic carboxylic acids is 1. The molecule has 1 saturated carbocycles. The maximum atomic E-state index is 10.9. The highest BCUT2D eigenvalue weighted by atomic mass is 16.4. The minimum Gasteiger partial charge on any atom is -0.481 e. The number of carboxylic acids is 1. The van der Waals surface area contributed by atoms with Gasteiger partial charge >= 0.3 is 5.97 Å². The van der Waals surface area contributed by atoms with Gasteiger partial charge in [-0.25, -0.2) is 0 Å². The summed E-state index contributed by atoms with van der Waals surface area (Å²) in [6, 6.07) is 0. The van der Waals surface area contributed by atoms with Gasteiger partial charge in [-0.3, -0.25) is 9.48 Å². The van der Waals surface area contributed by atoms with Crippen molar-refractivity contribution in [3.05, 3.63) is 17.5 Å². The zero-order chi connectivity index (χ0) is 13.8. The Hall–Kier alpha value is -1.36. The summed E-state index contributed by atoms with van der Waals surface area (Å²) in [6.07, 6.45) is 5.61. The first kappa shape index (κ1) is 14.1. The molecule has 0 spiro atoms. The fourth-order valence-electron chi connectivity index (χ4n) is 2.74. The molecular formula is C14H23N3O2. The van der Waals surface area contributed by atoms with Crippen LogP contribution in [0.1, 0.15) is 36.9 Å². The van der Waals surface area contributed by atoms with Crippen LogP contribution in [-0.4, -0.2) is 27.4 Å². The second-order valence-corrected chi connectivity index (χ2v) is 5.57. The van der Waals surface area contributed by atoms with Crippen LogP contribution in [0.25, 0.3) is 0 Å². The highest BCUT2D eigenvalue weighted by molar-refractivity contribution is 5.69. The van der Waals surface area contributed by atoms with Gasteiger partial charge < -0.3 is 10.4 Å². The smallest absolute Gasteiger partial charge is 0.306 e. The third kappa shape index (κ3) is 3.56. The molecule has 1 aromatic heterocycles. The quantitative estimate of drug-likeness (QED) is 0.850. The van der Waals surface area contributed by atoms with E-state index in [0.29, 0.717) is 5.92 Å². The lowest BCUT2D eigenvalue weighted by Gasteiger charge is -2.26. The molecule has 1 aliphatic carbocycles. The molecule has 1 fully saturated rings. The fourth-order valence-corrected chi connectivity index (χ4v) is 2.74. The summed E-state index contributed by atoms with van der Waals surface area (Å²) in [6.45, 7) is 3.89. The van der Waals surface area contributed by atoms with Gasteiger partial charge in [0.25, 0.3) is 0 Å². The lowest BCUT2D eigenvalue weighted by molar-refractivity contribution is -0.143. The second-order valence-electron chi connectivity index (χ2n) is 5.57. The van der Waals surface area contributed by atoms with Crippen molar-refractivity contribution in [2.75, 3.05) is 6.54 Å². The van der Waals surface area contributed by atoms with Gasteiger partial charge in [-0.05, 0) is 45.1 Å². The number of hydrogen-bond donors (Lipinski definition) is 2. The number of hydrogen-bond acceptors (Lipinski definition) is 3. The Morgan fingerprint density at radius 1 is 1.47 bits per heavy atom. The molecule has 2 N–H and O–H groups in total. The summed E-state index contributed by atoms with van der Waals surface area (Å²) in [4.78, 5) is 10.9. The van der Waals surface area contributed by atoms with Gasteiger partial charge in [0.2, 0.25) is 0 Å². The fraction of sp³-hybridized carbons (Fsp3) is 0.714. The number of nitrogens with one attached hydrogen (secondary N) is 1.